The van der Waals surface area contributed by atoms with Gasteiger partial charge in [-0.25, -0.2) is 0 Å². The molecule has 0 unspecified atom stereocenters. The molecule has 0 amide bonds. The molecule has 1 N–H and O–H groups in total. The first-order valence-electron chi connectivity index (χ1n) is 3.46. The molecule has 2 bridgehead atoms. The van der Waals surface area contributed by atoms with Gasteiger partial charge in [-0.15, -0.1) is 0 Å². The molecule has 52 valence electrons. The average molecular weight is 143 g/mol. The molecule has 2 aliphatic rings. The summed E-state index contributed by atoms with van der Waals surface area (Å²) in [5.74, 6) is 0. The fourth-order valence-corrected chi connectivity index (χ4v) is 1.38. The lowest BCUT2D eigenvalue weighted by Gasteiger charge is -1.93. The number of hydrogen-bond acceptors (Lipinski definition) is 2. The number of nitrogens with one attached hydrogen (secondary N) is 1. The van der Waals surface area contributed by atoms with Gasteiger partial charge in [0, 0.05) is 16.6 Å². The average Bonchev–Trinajstić information content (AvgIpc) is 2.58. The summed E-state index contributed by atoms with van der Waals surface area (Å²) in [6.07, 6.45) is 1.78. The first-order chi connectivity index (χ1) is 5.43. The number of H-pyrrole nitrogens is 1. The normalized spacial score (nSPS) is 11.6. The standard InChI is InChI=1S/C8H5N3/c1-2-7-6-4-9-11-8(6)3-5(1)10-7/h1-4,10H. The van der Waals surface area contributed by atoms with Crippen LogP contribution in [0, 0.1) is 0 Å². The van der Waals surface area contributed by atoms with E-state index in [1.54, 1.807) is 6.20 Å². The summed E-state index contributed by atoms with van der Waals surface area (Å²) in [6.45, 7) is 0. The van der Waals surface area contributed by atoms with Crippen molar-refractivity contribution in [1.82, 2.24) is 15.2 Å². The van der Waals surface area contributed by atoms with Gasteiger partial charge in [-0.05, 0) is 18.2 Å². The zero-order valence-corrected chi connectivity index (χ0v) is 5.70. The highest BCUT2D eigenvalue weighted by atomic mass is 15.1. The highest BCUT2D eigenvalue weighted by molar-refractivity contribution is 5.84. The van der Waals surface area contributed by atoms with Gasteiger partial charge >= 0.3 is 0 Å². The molecule has 11 heavy (non-hydrogen) atoms. The molecule has 0 aromatic carbocycles. The topological polar surface area (TPSA) is 41.6 Å². The fourth-order valence-electron chi connectivity index (χ4n) is 1.38. The van der Waals surface area contributed by atoms with E-state index >= 15 is 0 Å². The molecule has 3 rings (SSSR count). The summed E-state index contributed by atoms with van der Waals surface area (Å²) in [5, 5.41) is 7.80. The van der Waals surface area contributed by atoms with E-state index in [0.29, 0.717) is 0 Å². The van der Waals surface area contributed by atoms with E-state index in [1.807, 2.05) is 18.2 Å². The lowest BCUT2D eigenvalue weighted by molar-refractivity contribution is 1.10. The minimum absolute atomic E-state index is 0.971. The van der Waals surface area contributed by atoms with Gasteiger partial charge < -0.3 is 4.98 Å². The lowest BCUT2D eigenvalue weighted by Crippen LogP contribution is -1.78. The SMILES string of the molecule is c1nnc2cc3ccc([nH]3)c1-2. The van der Waals surface area contributed by atoms with Crippen molar-refractivity contribution in [2.45, 2.75) is 0 Å². The Labute approximate surface area is 62.7 Å². The van der Waals surface area contributed by atoms with Crippen LogP contribution < -0.4 is 0 Å². The molecule has 0 fully saturated rings. The monoisotopic (exact) mass is 143 g/mol. The van der Waals surface area contributed by atoms with Crippen LogP contribution in [0.15, 0.2) is 24.4 Å². The number of nitrogens with zero attached hydrogens (tertiary/aromatic N) is 2. The zero-order valence-electron chi connectivity index (χ0n) is 5.70. The van der Waals surface area contributed by atoms with Crippen molar-refractivity contribution in [3.63, 3.8) is 0 Å². The first kappa shape index (κ1) is 5.07. The molecule has 0 saturated heterocycles. The molecule has 0 saturated carbocycles. The Morgan fingerprint density at radius 3 is 3.27 bits per heavy atom. The van der Waals surface area contributed by atoms with Crippen molar-refractivity contribution in [3.8, 4) is 11.3 Å². The Morgan fingerprint density at radius 1 is 1.27 bits per heavy atom. The predicted molar refractivity (Wildman–Crippen MR) is 41.7 cm³/mol. The van der Waals surface area contributed by atoms with E-state index in [0.717, 1.165) is 22.3 Å². The van der Waals surface area contributed by atoms with Crippen LogP contribution in [0.25, 0.3) is 22.3 Å². The molecule has 3 heteroatoms. The zero-order chi connectivity index (χ0) is 7.26. The highest BCUT2D eigenvalue weighted by Gasteiger charge is 2.09. The molecular weight excluding hydrogens is 138 g/mol. The number of fused-ring (bicyclic) bond motifs is 4. The van der Waals surface area contributed by atoms with Crippen LogP contribution in [0.4, 0.5) is 0 Å². The number of aromatic nitrogens is 3. The third kappa shape index (κ3) is 0.526. The molecule has 0 radical (unpaired) electrons. The largest absolute Gasteiger partial charge is 0.355 e. The van der Waals surface area contributed by atoms with Crippen molar-refractivity contribution in [2.75, 3.05) is 0 Å². The summed E-state index contributed by atoms with van der Waals surface area (Å²) in [4.78, 5) is 3.22. The maximum atomic E-state index is 3.97. The fraction of sp³-hybridized carbons (Fsp3) is 0. The summed E-state index contributed by atoms with van der Waals surface area (Å²) >= 11 is 0. The van der Waals surface area contributed by atoms with Crippen LogP contribution in [-0.2, 0) is 0 Å². The summed E-state index contributed by atoms with van der Waals surface area (Å²) in [5.41, 5.74) is 4.29. The first-order valence-corrected chi connectivity index (χ1v) is 3.46. The van der Waals surface area contributed by atoms with Crippen molar-refractivity contribution in [3.05, 3.63) is 24.4 Å². The smallest absolute Gasteiger partial charge is 0.0986 e. The lowest BCUT2D eigenvalue weighted by atomic mass is 10.2. The summed E-state index contributed by atoms with van der Waals surface area (Å²) in [7, 11) is 0. The van der Waals surface area contributed by atoms with Crippen LogP contribution in [-0.4, -0.2) is 15.2 Å². The highest BCUT2D eigenvalue weighted by Crippen LogP contribution is 2.25. The van der Waals surface area contributed by atoms with Gasteiger partial charge in [-0.3, -0.25) is 0 Å². The van der Waals surface area contributed by atoms with E-state index in [2.05, 4.69) is 15.2 Å². The van der Waals surface area contributed by atoms with Crippen molar-refractivity contribution in [2.24, 2.45) is 0 Å². The van der Waals surface area contributed by atoms with Gasteiger partial charge in [-0.1, -0.05) is 0 Å². The Kier molecular flexibility index (Phi) is 0.692. The van der Waals surface area contributed by atoms with Gasteiger partial charge in [0.15, 0.2) is 0 Å². The third-order valence-electron chi connectivity index (χ3n) is 1.92. The molecule has 3 nitrogen and oxygen atoms in total. The molecule has 0 spiro atoms. The van der Waals surface area contributed by atoms with Gasteiger partial charge in [0.2, 0.25) is 0 Å². The van der Waals surface area contributed by atoms with Gasteiger partial charge in [0.1, 0.15) is 0 Å². The second kappa shape index (κ2) is 1.50. The van der Waals surface area contributed by atoms with Crippen LogP contribution in [0.1, 0.15) is 0 Å². The van der Waals surface area contributed by atoms with Crippen LogP contribution >= 0.6 is 0 Å². The van der Waals surface area contributed by atoms with Gasteiger partial charge in [-0.2, -0.15) is 10.2 Å². The van der Waals surface area contributed by atoms with Crippen LogP contribution in [0.3, 0.4) is 0 Å². The maximum Gasteiger partial charge on any atom is 0.0986 e. The molecule has 2 aliphatic heterocycles. The summed E-state index contributed by atoms with van der Waals surface area (Å²) < 4.78 is 0. The van der Waals surface area contributed by atoms with Gasteiger partial charge in [0.25, 0.3) is 0 Å². The van der Waals surface area contributed by atoms with E-state index in [9.17, 15) is 0 Å². The molecule has 0 atom stereocenters. The number of rotatable bonds is 0. The van der Waals surface area contributed by atoms with Crippen LogP contribution in [0.5, 0.6) is 0 Å². The van der Waals surface area contributed by atoms with E-state index < -0.39 is 0 Å². The molecule has 1 aromatic heterocycles. The van der Waals surface area contributed by atoms with Crippen LogP contribution in [0.2, 0.25) is 0 Å². The molecular formula is C8H5N3. The third-order valence-corrected chi connectivity index (χ3v) is 1.92. The van der Waals surface area contributed by atoms with E-state index in [4.69, 9.17) is 0 Å². The number of hydrogen-bond donors (Lipinski definition) is 1. The molecule has 3 heterocycles. The second-order valence-corrected chi connectivity index (χ2v) is 2.62. The van der Waals surface area contributed by atoms with Crippen molar-refractivity contribution < 1.29 is 0 Å². The van der Waals surface area contributed by atoms with Crippen molar-refractivity contribution in [1.29, 1.82) is 0 Å². The molecule has 0 aliphatic carbocycles. The van der Waals surface area contributed by atoms with E-state index in [-0.39, 0.29) is 0 Å². The second-order valence-electron chi connectivity index (χ2n) is 2.62. The Bertz CT molecular complexity index is 457. The predicted octanol–water partition coefficient (Wildman–Crippen LogP) is 1.50. The maximum absolute atomic E-state index is 3.97. The Morgan fingerprint density at radius 2 is 2.27 bits per heavy atom. The van der Waals surface area contributed by atoms with E-state index in [1.165, 1.54) is 0 Å². The summed E-state index contributed by atoms with van der Waals surface area (Å²) in [6, 6.07) is 6.08. The Hall–Kier alpha value is -1.64. The quantitative estimate of drug-likeness (QED) is 0.518. The molecule has 1 aromatic rings. The van der Waals surface area contributed by atoms with Crippen molar-refractivity contribution >= 4 is 11.0 Å². The minimum Gasteiger partial charge on any atom is -0.355 e. The minimum atomic E-state index is 0.971. The van der Waals surface area contributed by atoms with Gasteiger partial charge in [0.05, 0.1) is 11.9 Å². The number of aromatic amines is 1. The number of pyridine rings is 1. The Balaban J connectivity index is 2.67.